The molecule has 1 N–H and O–H groups in total. The molecule has 1 aliphatic carbocycles. The van der Waals surface area contributed by atoms with Crippen LogP contribution in [0.3, 0.4) is 0 Å². The van der Waals surface area contributed by atoms with E-state index in [1.807, 2.05) is 0 Å². The standard InChI is InChI=1S/C15H14FNO3/c16-13-5-1-4-12(15(18)19)14(13)17(10-6-7-10)9-11-3-2-8-20-11/h1-5,8,10H,6-7,9H2,(H,18,19). The van der Waals surface area contributed by atoms with Gasteiger partial charge in [-0.2, -0.15) is 0 Å². The molecule has 104 valence electrons. The minimum atomic E-state index is -1.12. The fraction of sp³-hybridized carbons (Fsp3) is 0.267. The van der Waals surface area contributed by atoms with Gasteiger partial charge < -0.3 is 14.4 Å². The first kappa shape index (κ1) is 12.7. The monoisotopic (exact) mass is 275 g/mol. The lowest BCUT2D eigenvalue weighted by Gasteiger charge is -2.25. The Hall–Kier alpha value is -2.30. The van der Waals surface area contributed by atoms with Gasteiger partial charge in [0.2, 0.25) is 0 Å². The number of anilines is 1. The summed E-state index contributed by atoms with van der Waals surface area (Å²) in [6.07, 6.45) is 3.43. The summed E-state index contributed by atoms with van der Waals surface area (Å²) >= 11 is 0. The molecule has 0 spiro atoms. The van der Waals surface area contributed by atoms with Crippen molar-refractivity contribution in [1.82, 2.24) is 0 Å². The second-order valence-corrected chi connectivity index (χ2v) is 4.88. The molecule has 4 nitrogen and oxygen atoms in total. The van der Waals surface area contributed by atoms with Gasteiger partial charge in [-0.05, 0) is 37.1 Å². The Kier molecular flexibility index (Phi) is 3.18. The maximum absolute atomic E-state index is 14.1. The number of hydrogen-bond donors (Lipinski definition) is 1. The molecule has 5 heteroatoms. The van der Waals surface area contributed by atoms with E-state index in [-0.39, 0.29) is 17.3 Å². The molecule has 0 atom stereocenters. The van der Waals surface area contributed by atoms with Crippen LogP contribution >= 0.6 is 0 Å². The smallest absolute Gasteiger partial charge is 0.337 e. The van der Waals surface area contributed by atoms with E-state index < -0.39 is 11.8 Å². The van der Waals surface area contributed by atoms with Crippen molar-refractivity contribution in [2.75, 3.05) is 4.90 Å². The number of carboxylic acid groups (broad SMARTS) is 1. The van der Waals surface area contributed by atoms with E-state index in [0.29, 0.717) is 12.3 Å². The number of rotatable bonds is 5. The predicted molar refractivity (Wildman–Crippen MR) is 71.3 cm³/mol. The number of hydrogen-bond acceptors (Lipinski definition) is 3. The summed E-state index contributed by atoms with van der Waals surface area (Å²) in [6, 6.07) is 7.88. The Morgan fingerprint density at radius 3 is 2.75 bits per heavy atom. The van der Waals surface area contributed by atoms with Crippen LogP contribution in [-0.4, -0.2) is 17.1 Å². The average molecular weight is 275 g/mol. The highest BCUT2D eigenvalue weighted by Crippen LogP contribution is 2.36. The second kappa shape index (κ2) is 5.00. The first-order chi connectivity index (χ1) is 9.66. The fourth-order valence-electron chi connectivity index (χ4n) is 2.33. The highest BCUT2D eigenvalue weighted by atomic mass is 19.1. The van der Waals surface area contributed by atoms with Crippen molar-refractivity contribution in [2.45, 2.75) is 25.4 Å². The van der Waals surface area contributed by atoms with Gasteiger partial charge in [0.15, 0.2) is 0 Å². The van der Waals surface area contributed by atoms with Gasteiger partial charge >= 0.3 is 5.97 Å². The van der Waals surface area contributed by atoms with Gasteiger partial charge in [-0.3, -0.25) is 0 Å². The Bertz CT molecular complexity index is 620. The zero-order valence-corrected chi connectivity index (χ0v) is 10.8. The minimum absolute atomic E-state index is 0.0107. The molecular formula is C15H14FNO3. The lowest BCUT2D eigenvalue weighted by Crippen LogP contribution is -2.27. The van der Waals surface area contributed by atoms with Gasteiger partial charge in [0, 0.05) is 6.04 Å². The molecule has 1 aromatic heterocycles. The summed E-state index contributed by atoms with van der Waals surface area (Å²) in [5, 5.41) is 9.25. The number of halogens is 1. The maximum atomic E-state index is 14.1. The molecule has 0 unspecified atom stereocenters. The molecule has 0 amide bonds. The summed E-state index contributed by atoms with van der Waals surface area (Å²) in [5.41, 5.74) is 0.141. The first-order valence-electron chi connectivity index (χ1n) is 6.47. The van der Waals surface area contributed by atoms with Gasteiger partial charge in [-0.15, -0.1) is 0 Å². The van der Waals surface area contributed by atoms with Crippen molar-refractivity contribution in [1.29, 1.82) is 0 Å². The number of furan rings is 1. The normalized spacial score (nSPS) is 14.2. The Balaban J connectivity index is 2.01. The Morgan fingerprint density at radius 2 is 2.15 bits per heavy atom. The van der Waals surface area contributed by atoms with Gasteiger partial charge in [-0.1, -0.05) is 6.07 Å². The average Bonchev–Trinajstić information content (AvgIpc) is 3.13. The summed E-state index contributed by atoms with van der Waals surface area (Å²) in [7, 11) is 0. The van der Waals surface area contributed by atoms with Crippen LogP contribution in [-0.2, 0) is 6.54 Å². The van der Waals surface area contributed by atoms with Crippen LogP contribution < -0.4 is 4.90 Å². The molecule has 3 rings (SSSR count). The second-order valence-electron chi connectivity index (χ2n) is 4.88. The van der Waals surface area contributed by atoms with Gasteiger partial charge in [0.1, 0.15) is 11.6 Å². The third-order valence-corrected chi connectivity index (χ3v) is 3.40. The third kappa shape index (κ3) is 2.39. The van der Waals surface area contributed by atoms with Crippen LogP contribution in [0.1, 0.15) is 29.0 Å². The quantitative estimate of drug-likeness (QED) is 0.909. The maximum Gasteiger partial charge on any atom is 0.337 e. The molecule has 0 saturated heterocycles. The van der Waals surface area contributed by atoms with Gasteiger partial charge in [0.05, 0.1) is 24.1 Å². The zero-order chi connectivity index (χ0) is 14.1. The van der Waals surface area contributed by atoms with Crippen LogP contribution in [0, 0.1) is 5.82 Å². The molecule has 1 heterocycles. The van der Waals surface area contributed by atoms with E-state index in [0.717, 1.165) is 12.8 Å². The SMILES string of the molecule is O=C(O)c1cccc(F)c1N(Cc1ccco1)C1CC1. The predicted octanol–water partition coefficient (Wildman–Crippen LogP) is 3.29. The van der Waals surface area contributed by atoms with Gasteiger partial charge in [0.25, 0.3) is 0 Å². The van der Waals surface area contributed by atoms with E-state index in [2.05, 4.69) is 0 Å². The van der Waals surface area contributed by atoms with Crippen molar-refractivity contribution >= 4 is 11.7 Å². The number of aromatic carboxylic acids is 1. The summed E-state index contributed by atoms with van der Waals surface area (Å²) in [5.74, 6) is -0.940. The lowest BCUT2D eigenvalue weighted by atomic mass is 10.1. The number of carboxylic acids is 1. The number of nitrogens with zero attached hydrogens (tertiary/aromatic N) is 1. The third-order valence-electron chi connectivity index (χ3n) is 3.40. The van der Waals surface area contributed by atoms with Crippen LogP contribution in [0.25, 0.3) is 0 Å². The van der Waals surface area contributed by atoms with E-state index in [9.17, 15) is 14.3 Å². The largest absolute Gasteiger partial charge is 0.478 e. The molecule has 20 heavy (non-hydrogen) atoms. The molecule has 1 fully saturated rings. The summed E-state index contributed by atoms with van der Waals surface area (Å²) < 4.78 is 19.4. The van der Waals surface area contributed by atoms with Crippen molar-refractivity contribution < 1.29 is 18.7 Å². The van der Waals surface area contributed by atoms with Crippen molar-refractivity contribution in [2.24, 2.45) is 0 Å². The van der Waals surface area contributed by atoms with Crippen molar-refractivity contribution in [3.63, 3.8) is 0 Å². The van der Waals surface area contributed by atoms with Gasteiger partial charge in [-0.25, -0.2) is 9.18 Å². The molecule has 1 saturated carbocycles. The van der Waals surface area contributed by atoms with Crippen LogP contribution in [0.15, 0.2) is 41.0 Å². The summed E-state index contributed by atoms with van der Waals surface area (Å²) in [6.45, 7) is 0.374. The fourth-order valence-corrected chi connectivity index (χ4v) is 2.33. The van der Waals surface area contributed by atoms with Crippen LogP contribution in [0.2, 0.25) is 0 Å². The molecule has 1 aliphatic rings. The van der Waals surface area contributed by atoms with E-state index in [4.69, 9.17) is 4.42 Å². The molecule has 1 aromatic carbocycles. The minimum Gasteiger partial charge on any atom is -0.478 e. The summed E-state index contributed by atoms with van der Waals surface area (Å²) in [4.78, 5) is 13.1. The molecule has 2 aromatic rings. The first-order valence-corrected chi connectivity index (χ1v) is 6.47. The van der Waals surface area contributed by atoms with Crippen molar-refractivity contribution in [3.8, 4) is 0 Å². The molecule has 0 radical (unpaired) electrons. The molecule has 0 aliphatic heterocycles. The highest BCUT2D eigenvalue weighted by Gasteiger charge is 2.33. The van der Waals surface area contributed by atoms with E-state index in [1.165, 1.54) is 18.2 Å². The zero-order valence-electron chi connectivity index (χ0n) is 10.8. The lowest BCUT2D eigenvalue weighted by molar-refractivity contribution is 0.0697. The van der Waals surface area contributed by atoms with Crippen LogP contribution in [0.5, 0.6) is 0 Å². The van der Waals surface area contributed by atoms with E-state index in [1.54, 1.807) is 23.3 Å². The number of para-hydroxylation sites is 1. The number of benzene rings is 1. The Labute approximate surface area is 115 Å². The van der Waals surface area contributed by atoms with E-state index >= 15 is 0 Å². The topological polar surface area (TPSA) is 53.7 Å². The van der Waals surface area contributed by atoms with Crippen LogP contribution in [0.4, 0.5) is 10.1 Å². The molecule has 0 bridgehead atoms. The Morgan fingerprint density at radius 1 is 1.35 bits per heavy atom. The van der Waals surface area contributed by atoms with Crippen molar-refractivity contribution in [3.05, 3.63) is 53.7 Å². The molecular weight excluding hydrogens is 261 g/mol. The number of carbonyl (C=O) groups is 1. The highest BCUT2D eigenvalue weighted by molar-refractivity contribution is 5.94.